The molecule has 0 aliphatic heterocycles. The highest BCUT2D eigenvalue weighted by Crippen LogP contribution is 2.36. The van der Waals surface area contributed by atoms with E-state index in [0.717, 1.165) is 10.6 Å². The van der Waals surface area contributed by atoms with Gasteiger partial charge in [-0.25, -0.2) is 4.98 Å². The molecule has 4 aromatic heterocycles. The molecule has 0 aliphatic carbocycles. The summed E-state index contributed by atoms with van der Waals surface area (Å²) in [6.45, 7) is 0. The van der Waals surface area contributed by atoms with Crippen LogP contribution in [0.5, 0.6) is 0 Å². The Morgan fingerprint density at radius 3 is 1.47 bits per heavy atom. The third-order valence-corrected chi connectivity index (χ3v) is 14.6. The second-order valence-electron chi connectivity index (χ2n) is 13.7. The largest absolute Gasteiger partial charge is 0.456 e. The Morgan fingerprint density at radius 2 is 0.875 bits per heavy atom. The van der Waals surface area contributed by atoms with Crippen LogP contribution in [-0.4, -0.2) is 27.2 Å². The standard InChI is InChI=1S/C58H38N4OSi/c1-3-20-40(21-4-1)64(41-22-5-2-6-23-41,55-36-18-30-48-47-29-11-16-35-54(47)63-57(48)55)42-24-17-19-39(37-42)49-38-56(61-50-31-12-7-25-43(50)44-26-8-13-32-51(44)61)60-58(59-49)62-52-33-14-9-27-45(52)46-28-10-15-34-53(46)62/h1-38H/i1D,2D,3D,4D,5D,6D,7D,8D,9D,10D,11D,12D,13D,14D,15D,16D,17D,18D,19D,20D,21D,22D,23D,24D,25D,26D,27D,28D,29D,30D,31D,32D,33D,34D,35D,36D,37D. The highest BCUT2D eigenvalue weighted by molar-refractivity contribution is 7.20. The molecule has 0 atom stereocenters. The number of furan rings is 1. The molecule has 0 radical (unpaired) electrons. The summed E-state index contributed by atoms with van der Waals surface area (Å²) < 4.78 is 353. The van der Waals surface area contributed by atoms with Gasteiger partial charge in [0.05, 0.1) is 78.5 Å². The monoisotopic (exact) mass is 872 g/mol. The van der Waals surface area contributed by atoms with Gasteiger partial charge >= 0.3 is 0 Å². The molecule has 0 N–H and O–H groups in total. The van der Waals surface area contributed by atoms with Crippen LogP contribution < -0.4 is 20.7 Å². The second-order valence-corrected chi connectivity index (χ2v) is 17.2. The molecule has 4 heterocycles. The molecule has 300 valence electrons. The van der Waals surface area contributed by atoms with Crippen LogP contribution in [0, 0.1) is 0 Å². The molecule has 0 aliphatic rings. The smallest absolute Gasteiger partial charge is 0.237 e. The Morgan fingerprint density at radius 1 is 0.406 bits per heavy atom. The first-order valence-corrected chi connectivity index (χ1v) is 20.7. The van der Waals surface area contributed by atoms with Crippen molar-refractivity contribution in [3.05, 3.63) is 230 Å². The molecular formula is C58H38N4OSi. The van der Waals surface area contributed by atoms with E-state index in [2.05, 4.69) is 0 Å². The summed E-state index contributed by atoms with van der Waals surface area (Å²) in [6, 6.07) is -41.0. The van der Waals surface area contributed by atoms with Gasteiger partial charge in [0, 0.05) is 43.9 Å². The molecule has 13 rings (SSSR count). The minimum Gasteiger partial charge on any atom is -0.456 e. The van der Waals surface area contributed by atoms with E-state index in [1.807, 2.05) is 0 Å². The van der Waals surface area contributed by atoms with E-state index in [0.29, 0.717) is 4.57 Å². The first-order chi connectivity index (χ1) is 47.1. The van der Waals surface area contributed by atoms with Gasteiger partial charge in [0.25, 0.3) is 0 Å². The molecule has 0 amide bonds. The Hall–Kier alpha value is -8.32. The van der Waals surface area contributed by atoms with Crippen LogP contribution in [0.2, 0.25) is 0 Å². The van der Waals surface area contributed by atoms with Gasteiger partial charge in [-0.15, -0.1) is 0 Å². The zero-order chi connectivity index (χ0) is 74.4. The van der Waals surface area contributed by atoms with E-state index in [1.165, 1.54) is 0 Å². The maximum atomic E-state index is 10.9. The summed E-state index contributed by atoms with van der Waals surface area (Å²) in [5, 5.41) is -9.00. The number of rotatable bonds is 7. The molecule has 13 aromatic rings. The summed E-state index contributed by atoms with van der Waals surface area (Å²) in [5.74, 6) is -1.96. The molecule has 0 fully saturated rings. The number of fused-ring (bicyclic) bond motifs is 9. The minimum atomic E-state index is -6.79. The van der Waals surface area contributed by atoms with Crippen molar-refractivity contribution < 1.29 is 55.1 Å². The van der Waals surface area contributed by atoms with Crippen molar-refractivity contribution in [1.29, 1.82) is 0 Å². The van der Waals surface area contributed by atoms with Crippen LogP contribution in [-0.2, 0) is 0 Å². The molecule has 0 saturated heterocycles. The normalized spacial score (nSPS) is 20.2. The molecule has 9 aromatic carbocycles. The van der Waals surface area contributed by atoms with Crippen LogP contribution in [0.1, 0.15) is 50.7 Å². The Bertz CT molecular complexity index is 5680. The molecule has 64 heavy (non-hydrogen) atoms. The summed E-state index contributed by atoms with van der Waals surface area (Å²) in [7, 11) is -6.79. The predicted molar refractivity (Wildman–Crippen MR) is 267 cm³/mol. The quantitative estimate of drug-likeness (QED) is 0.118. The van der Waals surface area contributed by atoms with Crippen LogP contribution >= 0.6 is 0 Å². The van der Waals surface area contributed by atoms with Crippen LogP contribution in [0.3, 0.4) is 0 Å². The first-order valence-electron chi connectivity index (χ1n) is 37.2. The third-order valence-electron chi connectivity index (χ3n) is 10.5. The second kappa shape index (κ2) is 14.4. The Balaban J connectivity index is 1.37. The lowest BCUT2D eigenvalue weighted by Crippen LogP contribution is -2.74. The van der Waals surface area contributed by atoms with Crippen molar-refractivity contribution in [3.63, 3.8) is 0 Å². The Labute approximate surface area is 421 Å². The number of aromatic nitrogens is 4. The lowest BCUT2D eigenvalue weighted by molar-refractivity contribution is 0.671. The maximum absolute atomic E-state index is 10.9. The zero-order valence-electron chi connectivity index (χ0n) is 68.8. The third kappa shape index (κ3) is 5.36. The zero-order valence-corrected chi connectivity index (χ0v) is 32.8. The van der Waals surface area contributed by atoms with Crippen molar-refractivity contribution >= 4 is 94.4 Å². The van der Waals surface area contributed by atoms with Crippen molar-refractivity contribution in [3.8, 4) is 23.0 Å². The van der Waals surface area contributed by atoms with Gasteiger partial charge in [-0.2, -0.15) is 4.98 Å². The fraction of sp³-hybridized carbons (Fsp3) is 0. The van der Waals surface area contributed by atoms with Crippen LogP contribution in [0.25, 0.3) is 88.6 Å². The predicted octanol–water partition coefficient (Wildman–Crippen LogP) is 11.6. The molecule has 0 spiro atoms. The summed E-state index contributed by atoms with van der Waals surface area (Å²) >= 11 is 0. The summed E-state index contributed by atoms with van der Waals surface area (Å²) in [6.07, 6.45) is 0. The molecule has 0 saturated carbocycles. The fourth-order valence-electron chi connectivity index (χ4n) is 7.91. The fourth-order valence-corrected chi connectivity index (χ4v) is 11.7. The lowest BCUT2D eigenvalue weighted by atomic mass is 10.1. The van der Waals surface area contributed by atoms with Crippen molar-refractivity contribution in [1.82, 2.24) is 19.1 Å². The Kier molecular flexibility index (Phi) is 3.41. The number of hydrogen-bond donors (Lipinski definition) is 0. The van der Waals surface area contributed by atoms with Gasteiger partial charge in [-0.05, 0) is 51.0 Å². The van der Waals surface area contributed by atoms with Crippen molar-refractivity contribution in [2.75, 3.05) is 0 Å². The SMILES string of the molecule is [2H]c1c([2H])c([2H])c([Si](c2c([2H])c([2H])c([2H])c([2H])c2[2H])(c2c([2H])c([2H])c([2H])c(-c3cc(-n4c5c([2H])c([2H])c([2H])c([2H])c5c5c([2H])c([2H])c([2H])c([2H])c54)nc(-n4c5c([2H])c([2H])c([2H])c([2H])c5c5c([2H])c([2H])c([2H])c([2H])c54)n3)c2[2H])c2c([2H])c([2H])c([2H])c3c2oc2c([2H])c([2H])c([2H])c([2H])c23)c([2H])c1[2H]. The number of para-hydroxylation sites is 6. The van der Waals surface area contributed by atoms with Gasteiger partial charge in [-0.3, -0.25) is 9.13 Å². The van der Waals surface area contributed by atoms with Gasteiger partial charge in [0.1, 0.15) is 17.0 Å². The lowest BCUT2D eigenvalue weighted by Gasteiger charge is -2.34. The summed E-state index contributed by atoms with van der Waals surface area (Å²) in [5.41, 5.74) is -7.02. The number of nitrogens with zero attached hydrogens (tertiary/aromatic N) is 4. The van der Waals surface area contributed by atoms with E-state index in [-0.39, 0.29) is 0 Å². The van der Waals surface area contributed by atoms with E-state index < -0.39 is 341 Å². The van der Waals surface area contributed by atoms with Gasteiger partial charge in [0.15, 0.2) is 8.07 Å². The van der Waals surface area contributed by atoms with Crippen LogP contribution in [0.15, 0.2) is 234 Å². The van der Waals surface area contributed by atoms with E-state index >= 15 is 0 Å². The minimum absolute atomic E-state index is 0.604. The molecule has 0 bridgehead atoms. The summed E-state index contributed by atoms with van der Waals surface area (Å²) in [4.78, 5) is 9.42. The van der Waals surface area contributed by atoms with Gasteiger partial charge in [-0.1, -0.05) is 193 Å². The highest BCUT2D eigenvalue weighted by Gasteiger charge is 2.44. The van der Waals surface area contributed by atoms with E-state index in [9.17, 15) is 31.5 Å². The van der Waals surface area contributed by atoms with Crippen LogP contribution in [0.4, 0.5) is 0 Å². The number of hydrogen-bond acceptors (Lipinski definition) is 3. The highest BCUT2D eigenvalue weighted by atomic mass is 28.3. The maximum Gasteiger partial charge on any atom is 0.237 e. The average molecular weight is 872 g/mol. The topological polar surface area (TPSA) is 48.8 Å². The van der Waals surface area contributed by atoms with E-state index in [1.54, 1.807) is 0 Å². The molecule has 0 unspecified atom stereocenters. The van der Waals surface area contributed by atoms with E-state index in [4.69, 9.17) is 33.6 Å². The first kappa shape index (κ1) is 15.2. The van der Waals surface area contributed by atoms with Gasteiger partial charge in [0.2, 0.25) is 5.95 Å². The van der Waals surface area contributed by atoms with Crippen molar-refractivity contribution in [2.24, 2.45) is 0 Å². The van der Waals surface area contributed by atoms with Gasteiger partial charge < -0.3 is 4.42 Å². The molecule has 5 nitrogen and oxygen atoms in total. The average Bonchev–Trinajstić information content (AvgIpc) is 1.55. The van der Waals surface area contributed by atoms with Crippen molar-refractivity contribution in [2.45, 2.75) is 0 Å². The molecule has 6 heteroatoms. The molecular weight excluding hydrogens is 797 g/mol. The number of benzene rings is 9.